The van der Waals surface area contributed by atoms with Crippen molar-refractivity contribution in [1.82, 2.24) is 9.97 Å². The minimum Gasteiger partial charge on any atom is -0.465 e. The molecule has 3 aromatic rings. The Morgan fingerprint density at radius 2 is 1.23 bits per heavy atom. The van der Waals surface area contributed by atoms with E-state index in [9.17, 15) is 9.59 Å². The molecule has 0 saturated carbocycles. The van der Waals surface area contributed by atoms with Gasteiger partial charge < -0.3 is 9.47 Å². The molecule has 0 bridgehead atoms. The van der Waals surface area contributed by atoms with Gasteiger partial charge in [0.1, 0.15) is 5.69 Å². The van der Waals surface area contributed by atoms with Crippen LogP contribution in [0.5, 0.6) is 0 Å². The molecule has 7 heteroatoms. The molecule has 0 saturated heterocycles. The van der Waals surface area contributed by atoms with E-state index in [1.165, 1.54) is 0 Å². The van der Waals surface area contributed by atoms with E-state index in [4.69, 9.17) is 21.1 Å². The Hall–Kier alpha value is -3.25. The van der Waals surface area contributed by atoms with Crippen molar-refractivity contribution in [1.29, 1.82) is 0 Å². The molecule has 2 aromatic carbocycles. The Balaban J connectivity index is 2.22. The zero-order chi connectivity index (χ0) is 21.5. The number of esters is 2. The van der Waals surface area contributed by atoms with Crippen LogP contribution in [0.2, 0.25) is 5.15 Å². The van der Waals surface area contributed by atoms with E-state index in [0.29, 0.717) is 11.4 Å². The molecule has 1 heterocycles. The first-order valence-electron chi connectivity index (χ1n) is 9.58. The lowest BCUT2D eigenvalue weighted by Gasteiger charge is -2.17. The van der Waals surface area contributed by atoms with Crippen molar-refractivity contribution in [2.24, 2.45) is 0 Å². The Morgan fingerprint density at radius 1 is 0.800 bits per heavy atom. The maximum Gasteiger partial charge on any atom is 0.326 e. The van der Waals surface area contributed by atoms with Gasteiger partial charge >= 0.3 is 11.9 Å². The number of hydrogen-bond acceptors (Lipinski definition) is 6. The minimum atomic E-state index is -1.42. The van der Waals surface area contributed by atoms with Crippen LogP contribution in [0.1, 0.15) is 25.5 Å². The van der Waals surface area contributed by atoms with Crippen molar-refractivity contribution in [2.75, 3.05) is 13.2 Å². The first-order chi connectivity index (χ1) is 14.6. The number of carbonyl (C=O) groups is 2. The fraction of sp³-hybridized carbons (Fsp3) is 0.217. The number of rotatable bonds is 7. The highest BCUT2D eigenvalue weighted by Gasteiger charge is 2.36. The molecule has 0 unspecified atom stereocenters. The molecule has 0 aliphatic heterocycles. The number of aromatic nitrogens is 2. The third-order valence-electron chi connectivity index (χ3n) is 4.29. The molecule has 0 spiro atoms. The highest BCUT2D eigenvalue weighted by atomic mass is 35.5. The fourth-order valence-electron chi connectivity index (χ4n) is 2.98. The molecule has 6 nitrogen and oxygen atoms in total. The van der Waals surface area contributed by atoms with Crippen LogP contribution in [0, 0.1) is 0 Å². The third kappa shape index (κ3) is 4.66. The SMILES string of the molecule is CCOC(=O)C(C(=O)OCC)c1nc(-c2ccccc2)c(-c2ccccc2)nc1Cl. The Labute approximate surface area is 179 Å². The van der Waals surface area contributed by atoms with E-state index in [1.54, 1.807) is 13.8 Å². The summed E-state index contributed by atoms with van der Waals surface area (Å²) >= 11 is 6.43. The van der Waals surface area contributed by atoms with Gasteiger partial charge in [0.25, 0.3) is 0 Å². The normalized spacial score (nSPS) is 10.7. The van der Waals surface area contributed by atoms with Gasteiger partial charge in [-0.1, -0.05) is 72.3 Å². The van der Waals surface area contributed by atoms with Gasteiger partial charge in [-0.05, 0) is 13.8 Å². The average molecular weight is 425 g/mol. The van der Waals surface area contributed by atoms with Crippen LogP contribution in [0.25, 0.3) is 22.5 Å². The molecule has 0 N–H and O–H groups in total. The first kappa shape index (κ1) is 21.5. The van der Waals surface area contributed by atoms with E-state index in [-0.39, 0.29) is 24.1 Å². The summed E-state index contributed by atoms with van der Waals surface area (Å²) in [5.74, 6) is -2.98. The maximum atomic E-state index is 12.6. The first-order valence-corrected chi connectivity index (χ1v) is 9.96. The average Bonchev–Trinajstić information content (AvgIpc) is 2.76. The fourth-order valence-corrected chi connectivity index (χ4v) is 3.21. The summed E-state index contributed by atoms with van der Waals surface area (Å²) in [5.41, 5.74) is 2.63. The van der Waals surface area contributed by atoms with Crippen LogP contribution in [0.3, 0.4) is 0 Å². The largest absolute Gasteiger partial charge is 0.465 e. The molecule has 3 rings (SSSR count). The van der Waals surface area contributed by atoms with E-state index >= 15 is 0 Å². The van der Waals surface area contributed by atoms with Gasteiger partial charge in [0.15, 0.2) is 11.1 Å². The second-order valence-corrected chi connectivity index (χ2v) is 6.62. The van der Waals surface area contributed by atoms with E-state index in [1.807, 2.05) is 60.7 Å². The van der Waals surface area contributed by atoms with Crippen molar-refractivity contribution >= 4 is 23.5 Å². The summed E-state index contributed by atoms with van der Waals surface area (Å²) in [6.45, 7) is 3.52. The summed E-state index contributed by atoms with van der Waals surface area (Å²) in [6.07, 6.45) is 0. The zero-order valence-corrected chi connectivity index (χ0v) is 17.4. The molecule has 30 heavy (non-hydrogen) atoms. The summed E-state index contributed by atoms with van der Waals surface area (Å²) < 4.78 is 10.2. The van der Waals surface area contributed by atoms with Crippen molar-refractivity contribution in [3.63, 3.8) is 0 Å². The number of benzene rings is 2. The number of halogens is 1. The lowest BCUT2D eigenvalue weighted by Crippen LogP contribution is -2.28. The topological polar surface area (TPSA) is 78.4 Å². The van der Waals surface area contributed by atoms with Crippen LogP contribution in [0.4, 0.5) is 0 Å². The van der Waals surface area contributed by atoms with Gasteiger partial charge in [0.2, 0.25) is 0 Å². The zero-order valence-electron chi connectivity index (χ0n) is 16.7. The highest BCUT2D eigenvalue weighted by molar-refractivity contribution is 6.31. The van der Waals surface area contributed by atoms with Crippen LogP contribution in [-0.2, 0) is 19.1 Å². The van der Waals surface area contributed by atoms with Gasteiger partial charge in [-0.3, -0.25) is 9.59 Å². The molecule has 0 fully saturated rings. The lowest BCUT2D eigenvalue weighted by molar-refractivity contribution is -0.157. The molecule has 0 radical (unpaired) electrons. The molecule has 0 amide bonds. The molecule has 154 valence electrons. The lowest BCUT2D eigenvalue weighted by atomic mass is 10.0. The van der Waals surface area contributed by atoms with Gasteiger partial charge in [-0.2, -0.15) is 0 Å². The second kappa shape index (κ2) is 9.98. The molecular weight excluding hydrogens is 404 g/mol. The Kier molecular flexibility index (Phi) is 7.14. The van der Waals surface area contributed by atoms with Gasteiger partial charge in [0, 0.05) is 11.1 Å². The van der Waals surface area contributed by atoms with Gasteiger partial charge in [-0.15, -0.1) is 0 Å². The Morgan fingerprint density at radius 3 is 1.67 bits per heavy atom. The molecule has 0 atom stereocenters. The molecule has 0 aliphatic rings. The predicted molar refractivity (Wildman–Crippen MR) is 114 cm³/mol. The minimum absolute atomic E-state index is 0.00657. The number of nitrogens with zero attached hydrogens (tertiary/aromatic N) is 2. The highest BCUT2D eigenvalue weighted by Crippen LogP contribution is 2.34. The smallest absolute Gasteiger partial charge is 0.326 e. The van der Waals surface area contributed by atoms with E-state index < -0.39 is 17.9 Å². The number of hydrogen-bond donors (Lipinski definition) is 0. The molecule has 0 aliphatic carbocycles. The summed E-state index contributed by atoms with van der Waals surface area (Å²) in [4.78, 5) is 34.3. The van der Waals surface area contributed by atoms with Crippen LogP contribution in [0.15, 0.2) is 60.7 Å². The predicted octanol–water partition coefficient (Wildman–Crippen LogP) is 4.67. The monoisotopic (exact) mass is 424 g/mol. The molecular formula is C23H21ClN2O4. The second-order valence-electron chi connectivity index (χ2n) is 6.27. The van der Waals surface area contributed by atoms with E-state index in [2.05, 4.69) is 9.97 Å². The number of ether oxygens (including phenoxy) is 2. The number of carbonyl (C=O) groups excluding carboxylic acids is 2. The van der Waals surface area contributed by atoms with Gasteiger partial charge in [0.05, 0.1) is 24.6 Å². The van der Waals surface area contributed by atoms with Crippen LogP contribution >= 0.6 is 11.6 Å². The Bertz CT molecular complexity index is 1010. The summed E-state index contributed by atoms with van der Waals surface area (Å²) in [6, 6.07) is 18.8. The quantitative estimate of drug-likeness (QED) is 0.405. The van der Waals surface area contributed by atoms with Crippen LogP contribution < -0.4 is 0 Å². The van der Waals surface area contributed by atoms with Crippen molar-refractivity contribution < 1.29 is 19.1 Å². The third-order valence-corrected chi connectivity index (χ3v) is 4.57. The van der Waals surface area contributed by atoms with Crippen molar-refractivity contribution in [3.05, 3.63) is 71.5 Å². The van der Waals surface area contributed by atoms with Gasteiger partial charge in [-0.25, -0.2) is 9.97 Å². The van der Waals surface area contributed by atoms with Crippen LogP contribution in [-0.4, -0.2) is 35.1 Å². The maximum absolute atomic E-state index is 12.6. The summed E-state index contributed by atoms with van der Waals surface area (Å²) in [5, 5.41) is -0.0559. The van der Waals surface area contributed by atoms with Crippen molar-refractivity contribution in [2.45, 2.75) is 19.8 Å². The van der Waals surface area contributed by atoms with E-state index in [0.717, 1.165) is 11.1 Å². The molecule has 1 aromatic heterocycles. The standard InChI is InChI=1S/C23H21ClN2O4/c1-3-29-22(27)17(23(28)30-4-2)20-21(24)26-19(16-13-9-6-10-14-16)18(25-20)15-11-7-5-8-12-15/h5-14,17H,3-4H2,1-2H3. The summed E-state index contributed by atoms with van der Waals surface area (Å²) in [7, 11) is 0. The van der Waals surface area contributed by atoms with Crippen molar-refractivity contribution in [3.8, 4) is 22.5 Å².